The topological polar surface area (TPSA) is 52.0 Å². The van der Waals surface area contributed by atoms with Crippen LogP contribution < -0.4 is 10.1 Å². The molecule has 0 fully saturated rings. The largest absolute Gasteiger partial charge is 0.489 e. The predicted octanol–water partition coefficient (Wildman–Crippen LogP) is 4.90. The Bertz CT molecular complexity index is 1010. The molecule has 0 radical (unpaired) electrons. The summed E-state index contributed by atoms with van der Waals surface area (Å²) in [7, 11) is 0. The van der Waals surface area contributed by atoms with Gasteiger partial charge in [0.15, 0.2) is 0 Å². The zero-order chi connectivity index (χ0) is 18.5. The highest BCUT2D eigenvalue weighted by molar-refractivity contribution is 5.57. The van der Waals surface area contributed by atoms with Crippen LogP contribution in [0.3, 0.4) is 0 Å². The third-order valence-corrected chi connectivity index (χ3v) is 4.19. The highest BCUT2D eigenvalue weighted by Gasteiger charge is 2.06. The van der Waals surface area contributed by atoms with E-state index in [-0.39, 0.29) is 0 Å². The molecule has 0 saturated heterocycles. The van der Waals surface area contributed by atoms with E-state index < -0.39 is 0 Å². The second-order valence-electron chi connectivity index (χ2n) is 6.23. The molecule has 27 heavy (non-hydrogen) atoms. The molecule has 4 aromatic rings. The molecule has 5 heteroatoms. The molecule has 0 aliphatic carbocycles. The van der Waals surface area contributed by atoms with Gasteiger partial charge in [-0.3, -0.25) is 0 Å². The van der Waals surface area contributed by atoms with E-state index in [0.717, 1.165) is 28.3 Å². The van der Waals surface area contributed by atoms with Gasteiger partial charge in [0, 0.05) is 11.8 Å². The van der Waals surface area contributed by atoms with E-state index in [1.54, 1.807) is 11.0 Å². The summed E-state index contributed by atoms with van der Waals surface area (Å²) >= 11 is 0. The van der Waals surface area contributed by atoms with Crippen molar-refractivity contribution in [2.75, 3.05) is 5.32 Å². The van der Waals surface area contributed by atoms with E-state index in [0.29, 0.717) is 12.6 Å². The number of ether oxygens (including phenoxy) is 1. The zero-order valence-electron chi connectivity index (χ0n) is 15.0. The second-order valence-corrected chi connectivity index (χ2v) is 6.23. The Morgan fingerprint density at radius 3 is 2.44 bits per heavy atom. The molecule has 0 aliphatic heterocycles. The summed E-state index contributed by atoms with van der Waals surface area (Å²) in [6.07, 6.45) is 1.69. The van der Waals surface area contributed by atoms with Crippen molar-refractivity contribution in [2.45, 2.75) is 13.5 Å². The van der Waals surface area contributed by atoms with Gasteiger partial charge in [-0.1, -0.05) is 54.6 Å². The number of hydrogen-bond acceptors (Lipinski definition) is 4. The molecule has 0 saturated carbocycles. The predicted molar refractivity (Wildman–Crippen MR) is 107 cm³/mol. The number of para-hydroxylation sites is 1. The van der Waals surface area contributed by atoms with Crippen LogP contribution in [0.4, 0.5) is 11.6 Å². The maximum Gasteiger partial charge on any atom is 0.246 e. The van der Waals surface area contributed by atoms with Crippen LogP contribution in [0.5, 0.6) is 5.75 Å². The lowest BCUT2D eigenvalue weighted by molar-refractivity contribution is 0.304. The van der Waals surface area contributed by atoms with Crippen LogP contribution >= 0.6 is 0 Å². The Hall–Kier alpha value is -3.60. The van der Waals surface area contributed by atoms with Crippen molar-refractivity contribution < 1.29 is 4.74 Å². The van der Waals surface area contributed by atoms with Crippen molar-refractivity contribution in [3.63, 3.8) is 0 Å². The molecule has 0 atom stereocenters. The summed E-state index contributed by atoms with van der Waals surface area (Å²) in [5.41, 5.74) is 4.07. The van der Waals surface area contributed by atoms with Gasteiger partial charge in [-0.2, -0.15) is 4.98 Å². The van der Waals surface area contributed by atoms with E-state index in [2.05, 4.69) is 27.5 Å². The number of rotatable bonds is 6. The number of aromatic nitrogens is 3. The lowest BCUT2D eigenvalue weighted by atomic mass is 10.2. The minimum Gasteiger partial charge on any atom is -0.489 e. The van der Waals surface area contributed by atoms with Crippen LogP contribution in [0.2, 0.25) is 0 Å². The summed E-state index contributed by atoms with van der Waals surface area (Å²) in [5, 5.41) is 7.71. The molecule has 5 nitrogen and oxygen atoms in total. The summed E-state index contributed by atoms with van der Waals surface area (Å²) in [6.45, 7) is 2.57. The van der Waals surface area contributed by atoms with Crippen LogP contribution in [0.1, 0.15) is 11.1 Å². The van der Waals surface area contributed by atoms with E-state index in [9.17, 15) is 0 Å². The van der Waals surface area contributed by atoms with Crippen molar-refractivity contribution in [1.29, 1.82) is 0 Å². The van der Waals surface area contributed by atoms with Gasteiger partial charge in [-0.05, 0) is 36.2 Å². The molecule has 0 amide bonds. The minimum absolute atomic E-state index is 0.534. The van der Waals surface area contributed by atoms with E-state index in [1.807, 2.05) is 73.7 Å². The third kappa shape index (κ3) is 4.15. The van der Waals surface area contributed by atoms with Gasteiger partial charge >= 0.3 is 0 Å². The molecule has 4 rings (SSSR count). The van der Waals surface area contributed by atoms with Crippen LogP contribution in [0, 0.1) is 6.92 Å². The molecular formula is C22H20N4O. The van der Waals surface area contributed by atoms with E-state index in [4.69, 9.17) is 4.74 Å². The van der Waals surface area contributed by atoms with E-state index in [1.165, 1.54) is 0 Å². The number of hydrogen-bond donors (Lipinski definition) is 1. The van der Waals surface area contributed by atoms with Crippen LogP contribution in [0.15, 0.2) is 85.2 Å². The van der Waals surface area contributed by atoms with Crippen molar-refractivity contribution in [1.82, 2.24) is 14.8 Å². The highest BCUT2D eigenvalue weighted by Crippen LogP contribution is 2.25. The van der Waals surface area contributed by atoms with Gasteiger partial charge in [-0.15, -0.1) is 5.10 Å². The summed E-state index contributed by atoms with van der Waals surface area (Å²) < 4.78 is 7.73. The molecule has 0 spiro atoms. The normalized spacial score (nSPS) is 10.6. The lowest BCUT2D eigenvalue weighted by Crippen LogP contribution is -1.99. The van der Waals surface area contributed by atoms with Crippen molar-refractivity contribution >= 4 is 11.6 Å². The number of aryl methyl sites for hydroxylation is 1. The first-order chi connectivity index (χ1) is 13.3. The summed E-state index contributed by atoms with van der Waals surface area (Å²) in [5.74, 6) is 1.38. The average molecular weight is 356 g/mol. The monoisotopic (exact) mass is 356 g/mol. The van der Waals surface area contributed by atoms with Crippen molar-refractivity contribution in [2.24, 2.45) is 0 Å². The highest BCUT2D eigenvalue weighted by atomic mass is 16.5. The first kappa shape index (κ1) is 16.8. The molecule has 0 unspecified atom stereocenters. The number of benzene rings is 3. The van der Waals surface area contributed by atoms with Gasteiger partial charge in [0.25, 0.3) is 0 Å². The van der Waals surface area contributed by atoms with Crippen LogP contribution in [-0.4, -0.2) is 14.8 Å². The van der Waals surface area contributed by atoms with Gasteiger partial charge in [0.2, 0.25) is 5.95 Å². The Balaban J connectivity index is 1.47. The van der Waals surface area contributed by atoms with Gasteiger partial charge in [-0.25, -0.2) is 4.68 Å². The smallest absolute Gasteiger partial charge is 0.246 e. The fraction of sp³-hybridized carbons (Fsp3) is 0.0909. The lowest BCUT2D eigenvalue weighted by Gasteiger charge is -2.11. The SMILES string of the molecule is Cc1ccc(Nc2ncn(-c3ccccc3)n2)cc1OCc1ccccc1. The molecule has 1 N–H and O–H groups in total. The molecule has 1 heterocycles. The maximum atomic E-state index is 5.99. The van der Waals surface area contributed by atoms with Gasteiger partial charge in [0.05, 0.1) is 5.69 Å². The third-order valence-electron chi connectivity index (χ3n) is 4.19. The average Bonchev–Trinajstić information content (AvgIpc) is 3.18. The standard InChI is InChI=1S/C22H20N4O/c1-17-12-13-19(14-21(17)27-15-18-8-4-2-5-9-18)24-22-23-16-26(25-22)20-10-6-3-7-11-20/h2-14,16H,15H2,1H3,(H,24,25). The Morgan fingerprint density at radius 1 is 0.926 bits per heavy atom. The zero-order valence-corrected chi connectivity index (χ0v) is 15.0. The first-order valence-corrected chi connectivity index (χ1v) is 8.79. The molecule has 0 aliphatic rings. The molecule has 0 bridgehead atoms. The molecule has 1 aromatic heterocycles. The van der Waals surface area contributed by atoms with Crippen LogP contribution in [0.25, 0.3) is 5.69 Å². The summed E-state index contributed by atoms with van der Waals surface area (Å²) in [4.78, 5) is 4.33. The van der Waals surface area contributed by atoms with Gasteiger partial charge in [0.1, 0.15) is 18.7 Å². The minimum atomic E-state index is 0.534. The number of anilines is 2. The fourth-order valence-electron chi connectivity index (χ4n) is 2.72. The molecular weight excluding hydrogens is 336 g/mol. The van der Waals surface area contributed by atoms with Crippen molar-refractivity contribution in [3.05, 3.63) is 96.3 Å². The number of nitrogens with zero attached hydrogens (tertiary/aromatic N) is 3. The van der Waals surface area contributed by atoms with Crippen molar-refractivity contribution in [3.8, 4) is 11.4 Å². The Morgan fingerprint density at radius 2 is 1.67 bits per heavy atom. The summed E-state index contributed by atoms with van der Waals surface area (Å²) in [6, 6.07) is 26.0. The van der Waals surface area contributed by atoms with Gasteiger partial charge < -0.3 is 10.1 Å². The Kier molecular flexibility index (Phi) is 4.83. The fourth-order valence-corrected chi connectivity index (χ4v) is 2.72. The second kappa shape index (κ2) is 7.74. The molecule has 3 aromatic carbocycles. The first-order valence-electron chi connectivity index (χ1n) is 8.79. The Labute approximate surface area is 158 Å². The van der Waals surface area contributed by atoms with Crippen LogP contribution in [-0.2, 0) is 6.61 Å². The number of nitrogens with one attached hydrogen (secondary N) is 1. The quantitative estimate of drug-likeness (QED) is 0.534. The maximum absolute atomic E-state index is 5.99. The molecule has 134 valence electrons. The van der Waals surface area contributed by atoms with E-state index >= 15 is 0 Å².